The number of rotatable bonds is 2. The first-order chi connectivity index (χ1) is 7.28. The van der Waals surface area contributed by atoms with Crippen LogP contribution in [-0.2, 0) is 16.9 Å². The summed E-state index contributed by atoms with van der Waals surface area (Å²) in [5.74, 6) is 0. The van der Waals surface area contributed by atoms with Crippen molar-refractivity contribution in [3.05, 3.63) is 16.4 Å². The monoisotopic (exact) mass is 270 g/mol. The average Bonchev–Trinajstić information content (AvgIpc) is 2.87. The summed E-state index contributed by atoms with van der Waals surface area (Å²) in [5, 5.41) is 4.37. The van der Waals surface area contributed by atoms with E-state index in [1.807, 2.05) is 6.20 Å². The van der Waals surface area contributed by atoms with E-state index < -0.39 is 0 Å². The lowest BCUT2D eigenvalue weighted by Gasteiger charge is -2.18. The van der Waals surface area contributed by atoms with Crippen molar-refractivity contribution in [1.82, 2.24) is 9.78 Å². The molecule has 2 fully saturated rings. The van der Waals surface area contributed by atoms with Crippen LogP contribution in [-0.4, -0.2) is 15.9 Å². The van der Waals surface area contributed by atoms with E-state index >= 15 is 0 Å². The van der Waals surface area contributed by atoms with Gasteiger partial charge in [0, 0.05) is 6.54 Å². The van der Waals surface area contributed by atoms with Crippen molar-refractivity contribution < 1.29 is 4.74 Å². The molecule has 0 aromatic carbocycles. The van der Waals surface area contributed by atoms with Gasteiger partial charge in [-0.1, -0.05) is 6.42 Å². The van der Waals surface area contributed by atoms with Crippen LogP contribution in [0.3, 0.4) is 0 Å². The van der Waals surface area contributed by atoms with E-state index in [1.165, 1.54) is 25.0 Å². The average molecular weight is 271 g/mol. The van der Waals surface area contributed by atoms with Gasteiger partial charge < -0.3 is 4.74 Å². The Morgan fingerprint density at radius 3 is 3.27 bits per heavy atom. The van der Waals surface area contributed by atoms with E-state index in [4.69, 9.17) is 4.74 Å². The third kappa shape index (κ3) is 1.31. The van der Waals surface area contributed by atoms with Gasteiger partial charge in [-0.25, -0.2) is 0 Å². The second-order valence-electron chi connectivity index (χ2n) is 4.40. The second kappa shape index (κ2) is 3.32. The van der Waals surface area contributed by atoms with Gasteiger partial charge in [-0.15, -0.1) is 0 Å². The summed E-state index contributed by atoms with van der Waals surface area (Å²) in [6.45, 7) is 3.04. The highest BCUT2D eigenvalue weighted by atomic mass is 79.9. The van der Waals surface area contributed by atoms with E-state index in [9.17, 15) is 0 Å². The molecule has 1 aliphatic heterocycles. The van der Waals surface area contributed by atoms with Crippen LogP contribution >= 0.6 is 15.9 Å². The zero-order chi connectivity index (χ0) is 10.5. The summed E-state index contributed by atoms with van der Waals surface area (Å²) in [7, 11) is 0. The van der Waals surface area contributed by atoms with Crippen LogP contribution in [0.15, 0.2) is 10.7 Å². The van der Waals surface area contributed by atoms with E-state index in [0.717, 1.165) is 17.4 Å². The first-order valence-corrected chi connectivity index (χ1v) is 6.47. The Morgan fingerprint density at radius 1 is 1.67 bits per heavy atom. The Morgan fingerprint density at radius 2 is 2.53 bits per heavy atom. The van der Waals surface area contributed by atoms with Gasteiger partial charge in [0.2, 0.25) is 0 Å². The Bertz CT molecular complexity index is 390. The Balaban J connectivity index is 2.01. The Kier molecular flexibility index (Phi) is 2.18. The molecule has 1 saturated carbocycles. The summed E-state index contributed by atoms with van der Waals surface area (Å²) >= 11 is 3.59. The van der Waals surface area contributed by atoms with Crippen LogP contribution in [0, 0.1) is 0 Å². The zero-order valence-corrected chi connectivity index (χ0v) is 10.5. The molecule has 3 nitrogen and oxygen atoms in total. The topological polar surface area (TPSA) is 30.4 Å². The minimum atomic E-state index is 0.00356. The molecule has 0 radical (unpaired) electrons. The third-order valence-corrected chi connectivity index (χ3v) is 4.16. The number of ether oxygens (including phenoxy) is 1. The van der Waals surface area contributed by atoms with Crippen molar-refractivity contribution in [2.24, 2.45) is 0 Å². The molecule has 3 rings (SSSR count). The van der Waals surface area contributed by atoms with Crippen molar-refractivity contribution in [3.63, 3.8) is 0 Å². The summed E-state index contributed by atoms with van der Waals surface area (Å²) in [4.78, 5) is 0. The molecule has 0 N–H and O–H groups in total. The second-order valence-corrected chi connectivity index (χ2v) is 5.25. The molecular formula is C11H15BrN2O. The number of nitrogens with zero attached hydrogens (tertiary/aromatic N) is 2. The van der Waals surface area contributed by atoms with Crippen molar-refractivity contribution >= 4 is 15.9 Å². The highest BCUT2D eigenvalue weighted by Gasteiger charge is 2.60. The van der Waals surface area contributed by atoms with Gasteiger partial charge in [0.05, 0.1) is 22.5 Å². The summed E-state index contributed by atoms with van der Waals surface area (Å²) in [6.07, 6.45) is 7.29. The minimum absolute atomic E-state index is 0.00356. The van der Waals surface area contributed by atoms with Gasteiger partial charge in [-0.3, -0.25) is 4.68 Å². The van der Waals surface area contributed by atoms with Gasteiger partial charge in [0.15, 0.2) is 0 Å². The smallest absolute Gasteiger partial charge is 0.137 e. The fourth-order valence-corrected chi connectivity index (χ4v) is 3.43. The third-order valence-electron chi connectivity index (χ3n) is 3.58. The molecule has 0 bridgehead atoms. The lowest BCUT2D eigenvalue weighted by molar-refractivity contribution is 0.274. The van der Waals surface area contributed by atoms with E-state index in [-0.39, 0.29) is 5.60 Å². The molecule has 1 aromatic heterocycles. The van der Waals surface area contributed by atoms with Crippen LogP contribution < -0.4 is 0 Å². The summed E-state index contributed by atoms with van der Waals surface area (Å²) < 4.78 is 9.11. The highest BCUT2D eigenvalue weighted by Crippen LogP contribution is 2.56. The Hall–Kier alpha value is -0.350. The SMILES string of the molecule is CCn1ncc(Br)c1[C@]12CCCC[C@H]1O2. The summed E-state index contributed by atoms with van der Waals surface area (Å²) in [6, 6.07) is 0. The molecule has 82 valence electrons. The molecule has 2 aliphatic rings. The van der Waals surface area contributed by atoms with Crippen LogP contribution in [0.1, 0.15) is 38.3 Å². The number of aromatic nitrogens is 2. The van der Waals surface area contributed by atoms with Gasteiger partial charge >= 0.3 is 0 Å². The van der Waals surface area contributed by atoms with Crippen LogP contribution in [0.4, 0.5) is 0 Å². The molecular weight excluding hydrogens is 256 g/mol. The fourth-order valence-electron chi connectivity index (χ4n) is 2.80. The lowest BCUT2D eigenvalue weighted by atomic mass is 9.86. The predicted octanol–water partition coefficient (Wildman–Crippen LogP) is 2.83. The zero-order valence-electron chi connectivity index (χ0n) is 8.87. The first kappa shape index (κ1) is 9.85. The molecule has 1 aromatic rings. The lowest BCUT2D eigenvalue weighted by Crippen LogP contribution is -2.22. The molecule has 4 heteroatoms. The van der Waals surface area contributed by atoms with E-state index in [1.54, 1.807) is 0 Å². The quantitative estimate of drug-likeness (QED) is 0.774. The van der Waals surface area contributed by atoms with Crippen molar-refractivity contribution in [3.8, 4) is 0 Å². The first-order valence-electron chi connectivity index (χ1n) is 5.67. The van der Waals surface area contributed by atoms with Crippen LogP contribution in [0.5, 0.6) is 0 Å². The van der Waals surface area contributed by atoms with E-state index in [0.29, 0.717) is 6.10 Å². The van der Waals surface area contributed by atoms with Gasteiger partial charge in [0.25, 0.3) is 0 Å². The number of aryl methyl sites for hydroxylation is 1. The molecule has 15 heavy (non-hydrogen) atoms. The molecule has 1 aliphatic carbocycles. The maximum atomic E-state index is 5.94. The molecule has 2 heterocycles. The number of halogens is 1. The number of hydrogen-bond donors (Lipinski definition) is 0. The maximum Gasteiger partial charge on any atom is 0.137 e. The van der Waals surface area contributed by atoms with Crippen LogP contribution in [0.2, 0.25) is 0 Å². The summed E-state index contributed by atoms with van der Waals surface area (Å²) in [5.41, 5.74) is 1.26. The molecule has 1 saturated heterocycles. The van der Waals surface area contributed by atoms with Crippen LogP contribution in [0.25, 0.3) is 0 Å². The van der Waals surface area contributed by atoms with Gasteiger partial charge in [-0.05, 0) is 42.1 Å². The molecule has 0 unspecified atom stereocenters. The van der Waals surface area contributed by atoms with Crippen molar-refractivity contribution in [1.29, 1.82) is 0 Å². The Labute approximate surface area is 97.9 Å². The molecule has 0 spiro atoms. The minimum Gasteiger partial charge on any atom is -0.359 e. The maximum absolute atomic E-state index is 5.94. The molecule has 0 amide bonds. The predicted molar refractivity (Wildman–Crippen MR) is 60.6 cm³/mol. The standard InChI is InChI=1S/C11H15BrN2O/c1-2-14-10(8(12)7-13-14)11-6-4-3-5-9(11)15-11/h7,9H,2-6H2,1H3/t9-,11+/m1/s1. The van der Waals surface area contributed by atoms with Gasteiger partial charge in [-0.2, -0.15) is 5.10 Å². The van der Waals surface area contributed by atoms with Crippen molar-refractivity contribution in [2.45, 2.75) is 50.9 Å². The fraction of sp³-hybridized carbons (Fsp3) is 0.727. The normalized spacial score (nSPS) is 33.9. The van der Waals surface area contributed by atoms with Crippen molar-refractivity contribution in [2.75, 3.05) is 0 Å². The largest absolute Gasteiger partial charge is 0.359 e. The van der Waals surface area contributed by atoms with Gasteiger partial charge in [0.1, 0.15) is 5.60 Å². The highest BCUT2D eigenvalue weighted by molar-refractivity contribution is 9.10. The number of fused-ring (bicyclic) bond motifs is 1. The number of epoxide rings is 1. The number of hydrogen-bond acceptors (Lipinski definition) is 2. The molecule has 2 atom stereocenters. The van der Waals surface area contributed by atoms with E-state index in [2.05, 4.69) is 32.6 Å².